The lowest BCUT2D eigenvalue weighted by Gasteiger charge is -2.18. The van der Waals surface area contributed by atoms with E-state index in [4.69, 9.17) is 9.47 Å². The summed E-state index contributed by atoms with van der Waals surface area (Å²) in [6.07, 6.45) is 0. The molecule has 8 heteroatoms. The van der Waals surface area contributed by atoms with Gasteiger partial charge in [0, 0.05) is 15.6 Å². The van der Waals surface area contributed by atoms with Crippen molar-refractivity contribution in [2.24, 2.45) is 0 Å². The monoisotopic (exact) mass is 400 g/mol. The van der Waals surface area contributed by atoms with Gasteiger partial charge in [-0.15, -0.1) is 10.2 Å². The third-order valence-corrected chi connectivity index (χ3v) is 4.23. The van der Waals surface area contributed by atoms with Crippen LogP contribution in [0.1, 0.15) is 10.4 Å². The second-order valence-electron chi connectivity index (χ2n) is 5.43. The van der Waals surface area contributed by atoms with Crippen LogP contribution in [0.2, 0.25) is 0 Å². The fourth-order valence-electron chi connectivity index (χ4n) is 2.46. The van der Waals surface area contributed by atoms with Crippen LogP contribution in [-0.2, 0) is 6.54 Å². The van der Waals surface area contributed by atoms with Crippen molar-refractivity contribution in [1.29, 1.82) is 0 Å². The van der Waals surface area contributed by atoms with Crippen molar-refractivity contribution in [1.82, 2.24) is 20.2 Å². The number of ether oxygens (including phenoxy) is 2. The molecule has 1 aromatic heterocycles. The first-order valence-corrected chi connectivity index (χ1v) is 8.45. The summed E-state index contributed by atoms with van der Waals surface area (Å²) in [4.78, 5) is 13.7. The zero-order chi connectivity index (χ0) is 17.2. The van der Waals surface area contributed by atoms with Gasteiger partial charge in [0.1, 0.15) is 19.8 Å². The number of tetrazole rings is 1. The Bertz CT molecular complexity index is 924. The van der Waals surface area contributed by atoms with Gasteiger partial charge in [0.05, 0.1) is 0 Å². The van der Waals surface area contributed by atoms with Crippen molar-refractivity contribution in [2.75, 3.05) is 13.2 Å². The van der Waals surface area contributed by atoms with Crippen LogP contribution in [0.3, 0.4) is 0 Å². The van der Waals surface area contributed by atoms with Gasteiger partial charge in [-0.05, 0) is 47.7 Å². The number of aromatic nitrogens is 4. The predicted octanol–water partition coefficient (Wildman–Crippen LogP) is 2.76. The van der Waals surface area contributed by atoms with E-state index in [9.17, 15) is 4.79 Å². The Labute approximate surface area is 151 Å². The van der Waals surface area contributed by atoms with E-state index in [0.29, 0.717) is 36.1 Å². The maximum atomic E-state index is 12.5. The highest BCUT2D eigenvalue weighted by Crippen LogP contribution is 2.30. The molecule has 4 rings (SSSR count). The second-order valence-corrected chi connectivity index (χ2v) is 6.35. The summed E-state index contributed by atoms with van der Waals surface area (Å²) in [7, 11) is 0. The second kappa shape index (κ2) is 6.64. The van der Waals surface area contributed by atoms with Crippen LogP contribution in [0, 0.1) is 0 Å². The smallest absolute Gasteiger partial charge is 0.204 e. The summed E-state index contributed by atoms with van der Waals surface area (Å²) in [5.41, 5.74) is 1.35. The molecule has 0 bridgehead atoms. The number of fused-ring (bicyclic) bond motifs is 1. The Hall–Kier alpha value is -2.74. The number of ketones is 1. The van der Waals surface area contributed by atoms with Crippen LogP contribution in [-0.4, -0.2) is 39.2 Å². The van der Waals surface area contributed by atoms with E-state index in [1.54, 1.807) is 18.2 Å². The molecule has 0 fully saturated rings. The average molecular weight is 401 g/mol. The highest BCUT2D eigenvalue weighted by molar-refractivity contribution is 9.10. The van der Waals surface area contributed by atoms with Crippen molar-refractivity contribution < 1.29 is 14.3 Å². The summed E-state index contributed by atoms with van der Waals surface area (Å²) in [6, 6.07) is 12.7. The van der Waals surface area contributed by atoms with Crippen LogP contribution in [0.15, 0.2) is 46.9 Å². The van der Waals surface area contributed by atoms with E-state index in [0.717, 1.165) is 10.0 Å². The molecule has 0 saturated carbocycles. The van der Waals surface area contributed by atoms with Crippen LogP contribution < -0.4 is 9.47 Å². The molecule has 0 amide bonds. The van der Waals surface area contributed by atoms with E-state index in [-0.39, 0.29) is 12.3 Å². The molecule has 2 heterocycles. The van der Waals surface area contributed by atoms with Crippen molar-refractivity contribution in [3.8, 4) is 22.9 Å². The zero-order valence-electron chi connectivity index (χ0n) is 13.1. The number of hydrogen-bond acceptors (Lipinski definition) is 6. The molecule has 1 aliphatic heterocycles. The molecule has 0 aliphatic carbocycles. The number of Topliss-reactive ketones (excluding diaryl/α,β-unsaturated/α-hetero) is 1. The fraction of sp³-hybridized carbons (Fsp3) is 0.176. The van der Waals surface area contributed by atoms with E-state index in [2.05, 4.69) is 31.3 Å². The predicted molar refractivity (Wildman–Crippen MR) is 92.7 cm³/mol. The van der Waals surface area contributed by atoms with Gasteiger partial charge in [-0.25, -0.2) is 0 Å². The molecule has 1 aliphatic rings. The number of halogens is 1. The number of nitrogens with zero attached hydrogens (tertiary/aromatic N) is 4. The van der Waals surface area contributed by atoms with Gasteiger partial charge in [-0.2, -0.15) is 4.80 Å². The highest BCUT2D eigenvalue weighted by atomic mass is 79.9. The minimum Gasteiger partial charge on any atom is -0.486 e. The zero-order valence-corrected chi connectivity index (χ0v) is 14.6. The van der Waals surface area contributed by atoms with Gasteiger partial charge in [0.15, 0.2) is 17.3 Å². The molecule has 25 heavy (non-hydrogen) atoms. The van der Waals surface area contributed by atoms with E-state index >= 15 is 0 Å². The molecule has 0 unspecified atom stereocenters. The summed E-state index contributed by atoms with van der Waals surface area (Å²) in [5, 5.41) is 12.2. The van der Waals surface area contributed by atoms with Gasteiger partial charge < -0.3 is 9.47 Å². The van der Waals surface area contributed by atoms with Crippen molar-refractivity contribution in [3.05, 3.63) is 52.5 Å². The van der Waals surface area contributed by atoms with Gasteiger partial charge in [0.2, 0.25) is 5.82 Å². The van der Waals surface area contributed by atoms with Gasteiger partial charge >= 0.3 is 0 Å². The third kappa shape index (κ3) is 3.39. The lowest BCUT2D eigenvalue weighted by atomic mass is 10.1. The van der Waals surface area contributed by atoms with Crippen LogP contribution in [0.25, 0.3) is 11.4 Å². The lowest BCUT2D eigenvalue weighted by molar-refractivity contribution is 0.0960. The summed E-state index contributed by atoms with van der Waals surface area (Å²) < 4.78 is 11.9. The molecule has 126 valence electrons. The topological polar surface area (TPSA) is 79.1 Å². The maximum Gasteiger partial charge on any atom is 0.204 e. The minimum absolute atomic E-state index is 0.00315. The Morgan fingerprint density at radius 2 is 1.84 bits per heavy atom. The lowest BCUT2D eigenvalue weighted by Crippen LogP contribution is -2.17. The average Bonchev–Trinajstić information content (AvgIpc) is 3.10. The molecule has 0 spiro atoms. The van der Waals surface area contributed by atoms with E-state index in [1.807, 2.05) is 24.3 Å². The molecule has 0 N–H and O–H groups in total. The van der Waals surface area contributed by atoms with Crippen LogP contribution in [0.4, 0.5) is 0 Å². The molecule has 7 nitrogen and oxygen atoms in total. The first kappa shape index (κ1) is 15.8. The molecule has 0 atom stereocenters. The SMILES string of the molecule is O=C(Cn1nnc(-c2ccc(Br)cc2)n1)c1ccc2c(c1)OCCO2. The number of carbonyl (C=O) groups is 1. The summed E-state index contributed by atoms with van der Waals surface area (Å²) >= 11 is 3.38. The Balaban J connectivity index is 1.50. The number of hydrogen-bond donors (Lipinski definition) is 0. The number of rotatable bonds is 4. The first-order chi connectivity index (χ1) is 12.2. The molecule has 0 saturated heterocycles. The quantitative estimate of drug-likeness (QED) is 0.626. The number of benzene rings is 2. The van der Waals surface area contributed by atoms with E-state index < -0.39 is 0 Å². The Morgan fingerprint density at radius 3 is 2.64 bits per heavy atom. The summed E-state index contributed by atoms with van der Waals surface area (Å²) in [6.45, 7) is 0.997. The fourth-order valence-corrected chi connectivity index (χ4v) is 2.73. The normalized spacial score (nSPS) is 12.8. The Morgan fingerprint density at radius 1 is 1.08 bits per heavy atom. The van der Waals surface area contributed by atoms with E-state index in [1.165, 1.54) is 4.80 Å². The standard InChI is InChI=1S/C17H13BrN4O3/c18-13-4-1-11(2-5-13)17-19-21-22(20-17)10-14(23)12-3-6-15-16(9-12)25-8-7-24-15/h1-6,9H,7-8,10H2. The Kier molecular flexibility index (Phi) is 4.19. The van der Waals surface area contributed by atoms with Gasteiger partial charge in [0.25, 0.3) is 0 Å². The molecule has 0 radical (unpaired) electrons. The first-order valence-electron chi connectivity index (χ1n) is 7.66. The largest absolute Gasteiger partial charge is 0.486 e. The molecular weight excluding hydrogens is 388 g/mol. The van der Waals surface area contributed by atoms with Crippen LogP contribution >= 0.6 is 15.9 Å². The molecule has 3 aromatic rings. The minimum atomic E-state index is -0.128. The highest BCUT2D eigenvalue weighted by Gasteiger charge is 2.16. The maximum absolute atomic E-state index is 12.5. The molecular formula is C17H13BrN4O3. The molecule has 2 aromatic carbocycles. The van der Waals surface area contributed by atoms with Gasteiger partial charge in [-0.3, -0.25) is 4.79 Å². The summed E-state index contributed by atoms with van der Waals surface area (Å²) in [5.74, 6) is 1.58. The van der Waals surface area contributed by atoms with Crippen molar-refractivity contribution in [2.45, 2.75) is 6.54 Å². The van der Waals surface area contributed by atoms with Crippen molar-refractivity contribution >= 4 is 21.7 Å². The van der Waals surface area contributed by atoms with Crippen molar-refractivity contribution in [3.63, 3.8) is 0 Å². The number of carbonyl (C=O) groups excluding carboxylic acids is 1. The third-order valence-electron chi connectivity index (χ3n) is 3.70. The van der Waals surface area contributed by atoms with Gasteiger partial charge in [-0.1, -0.05) is 15.9 Å². The van der Waals surface area contributed by atoms with Crippen LogP contribution in [0.5, 0.6) is 11.5 Å².